The van der Waals surface area contributed by atoms with E-state index in [-0.39, 0.29) is 0 Å². The predicted octanol–water partition coefficient (Wildman–Crippen LogP) is 3.14. The van der Waals surface area contributed by atoms with Crippen LogP contribution in [0, 0.1) is 0 Å². The number of rotatable bonds is 3. The van der Waals surface area contributed by atoms with E-state index in [0.29, 0.717) is 12.8 Å². The highest BCUT2D eigenvalue weighted by Gasteiger charge is 2.47. The van der Waals surface area contributed by atoms with Gasteiger partial charge in [-0.05, 0) is 40.5 Å². The summed E-state index contributed by atoms with van der Waals surface area (Å²) >= 11 is 0. The first-order valence-corrected chi connectivity index (χ1v) is 6.97. The Bertz CT molecular complexity index is 316. The maximum absolute atomic E-state index is 13.2. The van der Waals surface area contributed by atoms with Crippen molar-refractivity contribution < 1.29 is 23.0 Å². The lowest BCUT2D eigenvalue weighted by atomic mass is 9.80. The second-order valence-electron chi connectivity index (χ2n) is 5.69. The van der Waals surface area contributed by atoms with Crippen molar-refractivity contribution >= 4 is 7.91 Å². The van der Waals surface area contributed by atoms with Gasteiger partial charge in [0, 0.05) is 18.2 Å². The minimum Gasteiger partial charge on any atom is -0.313 e. The molecule has 0 aliphatic carbocycles. The van der Waals surface area contributed by atoms with E-state index in [1.54, 1.807) is 0 Å². The van der Waals surface area contributed by atoms with Gasteiger partial charge in [-0.25, -0.2) is 4.57 Å². The van der Waals surface area contributed by atoms with Crippen molar-refractivity contribution in [3.8, 4) is 0 Å². The van der Waals surface area contributed by atoms with Gasteiger partial charge in [0.2, 0.25) is 0 Å². The molecule has 0 aromatic heterocycles. The Labute approximate surface area is 102 Å². The molecule has 1 saturated heterocycles. The average Bonchev–Trinajstić information content (AvgIpc) is 2.12. The van der Waals surface area contributed by atoms with Crippen LogP contribution >= 0.6 is 7.91 Å². The molecule has 0 aromatic carbocycles. The minimum absolute atomic E-state index is 0.379. The molecule has 5 nitrogen and oxygen atoms in total. The topological polar surface area (TPSA) is 59.0 Å². The highest BCUT2D eigenvalue weighted by Crippen LogP contribution is 2.53. The van der Waals surface area contributed by atoms with Crippen molar-refractivity contribution in [2.75, 3.05) is 7.11 Å². The van der Waals surface area contributed by atoms with E-state index < -0.39 is 25.1 Å². The van der Waals surface area contributed by atoms with Crippen LogP contribution in [0.2, 0.25) is 0 Å². The van der Waals surface area contributed by atoms with E-state index >= 15 is 0 Å². The highest BCUT2D eigenvalue weighted by atomic mass is 31.2. The van der Waals surface area contributed by atoms with E-state index in [1.165, 1.54) is 5.06 Å². The molecular weight excluding hydrogens is 248 g/mol. The SMILES string of the molecule is CO[P@@](=O)(F)OC1CC(C)(C)N(O)C(C)(C)C1. The summed E-state index contributed by atoms with van der Waals surface area (Å²) in [7, 11) is -3.46. The third kappa shape index (κ3) is 3.48. The molecule has 0 saturated carbocycles. The zero-order valence-corrected chi connectivity index (χ0v) is 11.8. The monoisotopic (exact) mass is 269 g/mol. The van der Waals surface area contributed by atoms with Crippen LogP contribution in [0.1, 0.15) is 40.5 Å². The van der Waals surface area contributed by atoms with Crippen molar-refractivity contribution in [2.24, 2.45) is 0 Å². The van der Waals surface area contributed by atoms with Gasteiger partial charge >= 0.3 is 7.91 Å². The third-order valence-electron chi connectivity index (χ3n) is 3.09. The Morgan fingerprint density at radius 3 is 2.06 bits per heavy atom. The summed E-state index contributed by atoms with van der Waals surface area (Å²) in [4.78, 5) is 0. The van der Waals surface area contributed by atoms with Crippen LogP contribution in [-0.4, -0.2) is 34.6 Å². The first-order valence-electron chi connectivity index (χ1n) is 5.53. The van der Waals surface area contributed by atoms with Crippen molar-refractivity contribution in [1.29, 1.82) is 0 Å². The Balaban J connectivity index is 2.82. The molecule has 0 amide bonds. The predicted molar refractivity (Wildman–Crippen MR) is 61.6 cm³/mol. The summed E-state index contributed by atoms with van der Waals surface area (Å²) in [6.07, 6.45) is 0.216. The second-order valence-corrected chi connectivity index (χ2v) is 7.12. The molecule has 1 rings (SSSR count). The molecule has 1 aliphatic rings. The van der Waals surface area contributed by atoms with Crippen LogP contribution in [0.15, 0.2) is 0 Å². The van der Waals surface area contributed by atoms with Crippen molar-refractivity contribution in [2.45, 2.75) is 57.7 Å². The number of piperidine rings is 1. The van der Waals surface area contributed by atoms with Gasteiger partial charge in [0.15, 0.2) is 0 Å². The molecule has 0 spiro atoms. The standard InChI is InChI=1S/C10H21FNO4P/c1-9(2)6-8(16-17(11,14)15-5)7-10(3,4)12(9)13/h8,13H,6-7H2,1-5H3/t17-/m0/s1. The summed E-state index contributed by atoms with van der Waals surface area (Å²) in [5.41, 5.74) is -1.14. The zero-order chi connectivity index (χ0) is 13.5. The molecule has 0 aromatic rings. The van der Waals surface area contributed by atoms with Gasteiger partial charge < -0.3 is 5.21 Å². The van der Waals surface area contributed by atoms with Crippen molar-refractivity contribution in [3.63, 3.8) is 0 Å². The molecular formula is C10H21FNO4P. The Hall–Kier alpha value is -0.0000000000000000139. The van der Waals surface area contributed by atoms with Crippen LogP contribution in [0.5, 0.6) is 0 Å². The fraction of sp³-hybridized carbons (Fsp3) is 1.00. The number of nitrogens with zero attached hydrogens (tertiary/aromatic N) is 1. The van der Waals surface area contributed by atoms with E-state index in [4.69, 9.17) is 4.52 Å². The van der Waals surface area contributed by atoms with Gasteiger partial charge in [0.1, 0.15) is 0 Å². The molecule has 102 valence electrons. The van der Waals surface area contributed by atoms with Gasteiger partial charge in [-0.15, -0.1) is 4.20 Å². The molecule has 0 bridgehead atoms. The van der Waals surface area contributed by atoms with Crippen LogP contribution in [0.25, 0.3) is 0 Å². The number of hydrogen-bond acceptors (Lipinski definition) is 5. The molecule has 17 heavy (non-hydrogen) atoms. The summed E-state index contributed by atoms with van der Waals surface area (Å²) in [6.45, 7) is 7.28. The van der Waals surface area contributed by atoms with Gasteiger partial charge in [-0.1, -0.05) is 0 Å². The van der Waals surface area contributed by atoms with Crippen LogP contribution < -0.4 is 0 Å². The van der Waals surface area contributed by atoms with Crippen molar-refractivity contribution in [1.82, 2.24) is 5.06 Å². The molecule has 1 N–H and O–H groups in total. The summed E-state index contributed by atoms with van der Waals surface area (Å²) in [6, 6.07) is 0. The van der Waals surface area contributed by atoms with Gasteiger partial charge in [0.25, 0.3) is 0 Å². The Kier molecular flexibility index (Phi) is 4.07. The van der Waals surface area contributed by atoms with Gasteiger partial charge in [-0.3, -0.25) is 9.05 Å². The van der Waals surface area contributed by atoms with E-state index in [0.717, 1.165) is 7.11 Å². The smallest absolute Gasteiger partial charge is 0.313 e. The third-order valence-corrected chi connectivity index (χ3v) is 4.08. The van der Waals surface area contributed by atoms with E-state index in [9.17, 15) is 14.0 Å². The molecule has 1 aliphatic heterocycles. The van der Waals surface area contributed by atoms with Crippen LogP contribution in [0.4, 0.5) is 4.20 Å². The highest BCUT2D eigenvalue weighted by molar-refractivity contribution is 7.48. The average molecular weight is 269 g/mol. The number of halogens is 1. The quantitative estimate of drug-likeness (QED) is 0.797. The number of hydroxylamine groups is 2. The molecule has 0 radical (unpaired) electrons. The first-order chi connectivity index (χ1) is 7.50. The molecule has 1 heterocycles. The molecule has 0 unspecified atom stereocenters. The lowest BCUT2D eigenvalue weighted by molar-refractivity contribution is -0.255. The zero-order valence-electron chi connectivity index (χ0n) is 10.9. The summed E-state index contributed by atoms with van der Waals surface area (Å²) < 4.78 is 33.5. The summed E-state index contributed by atoms with van der Waals surface area (Å²) in [5.74, 6) is 0. The lowest BCUT2D eigenvalue weighted by Gasteiger charge is -2.51. The van der Waals surface area contributed by atoms with Gasteiger partial charge in [-0.2, -0.15) is 5.06 Å². The van der Waals surface area contributed by atoms with Crippen LogP contribution in [0.3, 0.4) is 0 Å². The van der Waals surface area contributed by atoms with Crippen LogP contribution in [-0.2, 0) is 13.6 Å². The van der Waals surface area contributed by atoms with Gasteiger partial charge in [0.05, 0.1) is 6.10 Å². The second kappa shape index (κ2) is 4.59. The maximum atomic E-state index is 13.2. The Morgan fingerprint density at radius 2 is 1.71 bits per heavy atom. The lowest BCUT2D eigenvalue weighted by Crippen LogP contribution is -2.60. The molecule has 1 fully saturated rings. The summed E-state index contributed by atoms with van der Waals surface area (Å²) in [5, 5.41) is 11.3. The fourth-order valence-corrected chi connectivity index (χ4v) is 3.07. The first kappa shape index (κ1) is 15.1. The molecule has 1 atom stereocenters. The normalized spacial score (nSPS) is 28.9. The number of hydrogen-bond donors (Lipinski definition) is 1. The maximum Gasteiger partial charge on any atom is 0.513 e. The fourth-order valence-electron chi connectivity index (χ4n) is 2.47. The van der Waals surface area contributed by atoms with Crippen molar-refractivity contribution in [3.05, 3.63) is 0 Å². The molecule has 7 heteroatoms. The Morgan fingerprint density at radius 1 is 1.29 bits per heavy atom. The van der Waals surface area contributed by atoms with E-state index in [1.807, 2.05) is 27.7 Å². The minimum atomic E-state index is -4.47. The largest absolute Gasteiger partial charge is 0.513 e. The van der Waals surface area contributed by atoms with E-state index in [2.05, 4.69) is 4.52 Å².